The van der Waals surface area contributed by atoms with Gasteiger partial charge >= 0.3 is 5.97 Å². The van der Waals surface area contributed by atoms with E-state index < -0.39 is 26.6 Å². The number of hydrogen-bond acceptors (Lipinski definition) is 7. The van der Waals surface area contributed by atoms with Crippen molar-refractivity contribution in [1.29, 1.82) is 0 Å². The van der Waals surface area contributed by atoms with Gasteiger partial charge in [0, 0.05) is 12.8 Å². The molecule has 9 nitrogen and oxygen atoms in total. The lowest BCUT2D eigenvalue weighted by Gasteiger charge is -2.30. The molecule has 0 rings (SSSR count). The molecule has 10 heteroatoms. The van der Waals surface area contributed by atoms with Gasteiger partial charge in [-0.2, -0.15) is 0 Å². The number of ether oxygens (including phenoxy) is 1. The van der Waals surface area contributed by atoms with Gasteiger partial charge in [-0.3, -0.25) is 14.2 Å². The number of quaternary nitrogens is 1. The Bertz CT molecular complexity index is 1660. The number of esters is 1. The number of carbonyl (C=O) groups is 2. The van der Waals surface area contributed by atoms with Crippen LogP contribution < -0.4 is 10.2 Å². The van der Waals surface area contributed by atoms with E-state index in [-0.39, 0.29) is 24.9 Å². The highest BCUT2D eigenvalue weighted by Gasteiger charge is 2.27. The lowest BCUT2D eigenvalue weighted by atomic mass is 10.0. The van der Waals surface area contributed by atoms with Crippen molar-refractivity contribution < 1.29 is 37.3 Å². The minimum absolute atomic E-state index is 0.0269. The number of amides is 1. The molecule has 3 atom stereocenters. The third kappa shape index (κ3) is 61.6. The zero-order valence-electron chi connectivity index (χ0n) is 53.7. The molecule has 0 fully saturated rings. The van der Waals surface area contributed by atoms with Crippen LogP contribution >= 0.6 is 7.82 Å². The van der Waals surface area contributed by atoms with Crippen LogP contribution in [-0.2, 0) is 27.9 Å². The highest BCUT2D eigenvalue weighted by atomic mass is 31.2. The van der Waals surface area contributed by atoms with Crippen LogP contribution in [0.4, 0.5) is 0 Å². The van der Waals surface area contributed by atoms with E-state index in [1.807, 2.05) is 33.3 Å². The molecular weight excluding hydrogens is 1020 g/mol. The van der Waals surface area contributed by atoms with Crippen molar-refractivity contribution >= 4 is 19.7 Å². The van der Waals surface area contributed by atoms with Gasteiger partial charge in [0.05, 0.1) is 33.8 Å². The maximum atomic E-state index is 13.6. The van der Waals surface area contributed by atoms with Crippen LogP contribution in [0.25, 0.3) is 0 Å². The molecule has 0 aromatic heterocycles. The first kappa shape index (κ1) is 78.2. The number of nitrogens with one attached hydrogen (secondary N) is 1. The van der Waals surface area contributed by atoms with Crippen LogP contribution in [0.15, 0.2) is 85.1 Å². The monoisotopic (exact) mass is 1150 g/mol. The molecule has 3 unspecified atom stereocenters. The van der Waals surface area contributed by atoms with Gasteiger partial charge in [-0.05, 0) is 109 Å². The summed E-state index contributed by atoms with van der Waals surface area (Å²) in [7, 11) is 1.17. The predicted molar refractivity (Wildman–Crippen MR) is 348 cm³/mol. The van der Waals surface area contributed by atoms with E-state index in [2.05, 4.69) is 99.0 Å². The smallest absolute Gasteiger partial charge is 0.306 e. The molecule has 0 aliphatic heterocycles. The van der Waals surface area contributed by atoms with E-state index in [4.69, 9.17) is 13.8 Å². The fourth-order valence-electron chi connectivity index (χ4n) is 9.54. The first-order valence-electron chi connectivity index (χ1n) is 33.9. The maximum Gasteiger partial charge on any atom is 0.306 e. The second-order valence-electron chi connectivity index (χ2n) is 24.0. The van der Waals surface area contributed by atoms with Crippen molar-refractivity contribution in [3.63, 3.8) is 0 Å². The fourth-order valence-corrected chi connectivity index (χ4v) is 10.3. The number of allylic oxidation sites excluding steroid dienone is 13. The zero-order valence-corrected chi connectivity index (χ0v) is 54.6. The van der Waals surface area contributed by atoms with Crippen LogP contribution in [0, 0.1) is 0 Å². The molecule has 0 aromatic rings. The SMILES string of the molecule is CCCCC/C=C\C/C=C\C/C=C\C/C=C\CCCCCCCCCCCCCC(=O)NC(COP(=O)([O-])OCC[N+](C)(C)C)C(/C=C\CCCCCCCCCCC)OC(=O)CCCCCCCCC/C=C\C/C=C\CCCCC. The summed E-state index contributed by atoms with van der Waals surface area (Å²) in [6.45, 7) is 6.79. The van der Waals surface area contributed by atoms with Crippen molar-refractivity contribution in [3.05, 3.63) is 85.1 Å². The van der Waals surface area contributed by atoms with Crippen molar-refractivity contribution in [1.82, 2.24) is 5.32 Å². The summed E-state index contributed by atoms with van der Waals surface area (Å²) in [5.74, 6) is -0.551. The van der Waals surface area contributed by atoms with Gasteiger partial charge in [0.1, 0.15) is 19.3 Å². The third-order valence-electron chi connectivity index (χ3n) is 14.8. The largest absolute Gasteiger partial charge is 0.756 e. The van der Waals surface area contributed by atoms with Gasteiger partial charge < -0.3 is 28.5 Å². The molecule has 81 heavy (non-hydrogen) atoms. The molecule has 0 saturated carbocycles. The van der Waals surface area contributed by atoms with E-state index in [9.17, 15) is 19.0 Å². The van der Waals surface area contributed by atoms with Crippen molar-refractivity contribution in [3.8, 4) is 0 Å². The summed E-state index contributed by atoms with van der Waals surface area (Å²) in [6.07, 6.45) is 79.8. The van der Waals surface area contributed by atoms with Gasteiger partial charge in [0.25, 0.3) is 7.82 Å². The summed E-state index contributed by atoms with van der Waals surface area (Å²) in [5, 5.41) is 3.03. The van der Waals surface area contributed by atoms with E-state index >= 15 is 0 Å². The van der Waals surface area contributed by atoms with Gasteiger partial charge in [0.2, 0.25) is 5.91 Å². The van der Waals surface area contributed by atoms with E-state index in [0.29, 0.717) is 17.4 Å². The Morgan fingerprint density at radius 2 is 0.753 bits per heavy atom. The van der Waals surface area contributed by atoms with E-state index in [0.717, 1.165) is 103 Å². The number of likely N-dealkylation sites (N-methyl/N-ethyl adjacent to an activating group) is 1. The highest BCUT2D eigenvalue weighted by Crippen LogP contribution is 2.38. The topological polar surface area (TPSA) is 114 Å². The Hall–Kier alpha value is -2.81. The molecule has 0 spiro atoms. The lowest BCUT2D eigenvalue weighted by Crippen LogP contribution is -2.47. The Balaban J connectivity index is 5.06. The number of phosphoric acid groups is 1. The number of rotatable bonds is 61. The average molecular weight is 1150 g/mol. The molecule has 0 heterocycles. The summed E-state index contributed by atoms with van der Waals surface area (Å²) in [5.41, 5.74) is 0. The number of unbranched alkanes of at least 4 members (excludes halogenated alkanes) is 33. The Labute approximate surface area is 501 Å². The first-order valence-corrected chi connectivity index (χ1v) is 35.4. The summed E-state index contributed by atoms with van der Waals surface area (Å²) in [6, 6.07) is -0.897. The molecule has 470 valence electrons. The maximum absolute atomic E-state index is 13.6. The van der Waals surface area contributed by atoms with Crippen molar-refractivity contribution in [2.45, 2.75) is 315 Å². The van der Waals surface area contributed by atoms with Crippen LogP contribution in [0.1, 0.15) is 303 Å². The van der Waals surface area contributed by atoms with Gasteiger partial charge in [-0.15, -0.1) is 0 Å². The van der Waals surface area contributed by atoms with Gasteiger partial charge in [-0.25, -0.2) is 0 Å². The molecule has 0 saturated heterocycles. The molecule has 0 aromatic carbocycles. The van der Waals surface area contributed by atoms with Crippen LogP contribution in [0.5, 0.6) is 0 Å². The summed E-state index contributed by atoms with van der Waals surface area (Å²) in [4.78, 5) is 40.1. The fraction of sp³-hybridized carbons (Fsp3) is 0.775. The molecule has 1 amide bonds. The number of hydrogen-bond donors (Lipinski definition) is 1. The minimum atomic E-state index is -4.71. The van der Waals surface area contributed by atoms with E-state index in [1.165, 1.54) is 167 Å². The summed E-state index contributed by atoms with van der Waals surface area (Å²) < 4.78 is 30.4. The average Bonchev–Trinajstić information content (AvgIpc) is 3.43. The second-order valence-corrected chi connectivity index (χ2v) is 25.4. The quantitative estimate of drug-likeness (QED) is 0.0212. The number of phosphoric ester groups is 1. The van der Waals surface area contributed by atoms with Crippen LogP contribution in [0.2, 0.25) is 0 Å². The molecule has 1 N–H and O–H groups in total. The lowest BCUT2D eigenvalue weighted by molar-refractivity contribution is -0.870. The molecule has 0 aliphatic rings. The van der Waals surface area contributed by atoms with Gasteiger partial charge in [-0.1, -0.05) is 267 Å². The van der Waals surface area contributed by atoms with E-state index in [1.54, 1.807) is 0 Å². The first-order chi connectivity index (χ1) is 39.4. The molecule has 0 radical (unpaired) electrons. The molecule has 0 bridgehead atoms. The van der Waals surface area contributed by atoms with Crippen molar-refractivity contribution in [2.75, 3.05) is 40.9 Å². The zero-order chi connectivity index (χ0) is 59.3. The number of nitrogens with zero attached hydrogens (tertiary/aromatic N) is 1. The van der Waals surface area contributed by atoms with Gasteiger partial charge in [0.15, 0.2) is 0 Å². The number of carbonyl (C=O) groups excluding carboxylic acids is 2. The van der Waals surface area contributed by atoms with Crippen LogP contribution in [-0.4, -0.2) is 69.4 Å². The Morgan fingerprint density at radius 1 is 0.432 bits per heavy atom. The third-order valence-corrected chi connectivity index (χ3v) is 15.8. The highest BCUT2D eigenvalue weighted by molar-refractivity contribution is 7.45. The normalized spacial score (nSPS) is 14.1. The second kappa shape index (κ2) is 60.3. The molecular formula is C71H129N2O7P. The predicted octanol–water partition coefficient (Wildman–Crippen LogP) is 20.7. The Morgan fingerprint density at radius 3 is 1.15 bits per heavy atom. The standard InChI is InChI=1S/C71H129N2O7P/c1-7-10-13-16-19-22-25-27-29-31-32-33-34-35-36-37-38-39-40-42-43-45-48-51-54-57-60-63-70(74)72-68(67-79-81(76,77)78-66-65-73(4,5)6)69(62-59-56-53-50-47-24-21-18-15-12-9-3)80-71(75)64-61-58-55-52-49-46-44-41-30-28-26-23-20-17-14-11-8-2/h19-20,22-23,27-30,32-33,35-36,59,62,68-69H,7-18,21,24-26,31,34,37-58,60-61,63-67H2,1-6H3,(H-,72,74,76,77)/b22-19-,23-20-,29-27-,30-28-,33-32-,36-35-,62-59-. The van der Waals surface area contributed by atoms with Crippen LogP contribution in [0.3, 0.4) is 0 Å². The molecule has 0 aliphatic carbocycles. The minimum Gasteiger partial charge on any atom is -0.756 e. The van der Waals surface area contributed by atoms with Crippen molar-refractivity contribution in [2.24, 2.45) is 0 Å². The Kier molecular flexibility index (Phi) is 58.2. The summed E-state index contributed by atoms with van der Waals surface area (Å²) >= 11 is 0.